The fraction of sp³-hybridized carbons (Fsp3) is 0.714. The van der Waals surface area contributed by atoms with Crippen molar-refractivity contribution in [1.29, 1.82) is 0 Å². The summed E-state index contributed by atoms with van der Waals surface area (Å²) in [7, 11) is 3.38. The molecular formula is C14H25N3O2. The minimum atomic E-state index is -0.0636. The second-order valence-electron chi connectivity index (χ2n) is 4.60. The molecule has 1 atom stereocenters. The van der Waals surface area contributed by atoms with E-state index < -0.39 is 0 Å². The Morgan fingerprint density at radius 1 is 1.11 bits per heavy atom. The van der Waals surface area contributed by atoms with Crippen LogP contribution in [0.3, 0.4) is 0 Å². The maximum Gasteiger partial charge on any atom is 0.157 e. The van der Waals surface area contributed by atoms with Crippen molar-refractivity contribution in [2.24, 2.45) is 0 Å². The van der Waals surface area contributed by atoms with E-state index >= 15 is 0 Å². The van der Waals surface area contributed by atoms with E-state index in [1.54, 1.807) is 14.2 Å². The SMILES string of the molecule is COCCNCCc1c(C)nc(C(C)OC)nc1C. The van der Waals surface area contributed by atoms with Gasteiger partial charge in [-0.25, -0.2) is 9.97 Å². The molecule has 0 radical (unpaired) electrons. The number of nitrogens with one attached hydrogen (secondary N) is 1. The Bertz CT molecular complexity index is 373. The van der Waals surface area contributed by atoms with Gasteiger partial charge in [0.1, 0.15) is 6.10 Å². The van der Waals surface area contributed by atoms with Crippen LogP contribution in [0.5, 0.6) is 0 Å². The Morgan fingerprint density at radius 3 is 2.26 bits per heavy atom. The number of aryl methyl sites for hydroxylation is 2. The van der Waals surface area contributed by atoms with Crippen LogP contribution in [0.2, 0.25) is 0 Å². The van der Waals surface area contributed by atoms with Crippen molar-refractivity contribution in [2.45, 2.75) is 33.3 Å². The second-order valence-corrected chi connectivity index (χ2v) is 4.60. The fourth-order valence-electron chi connectivity index (χ4n) is 1.93. The third-order valence-corrected chi connectivity index (χ3v) is 3.19. The average molecular weight is 267 g/mol. The highest BCUT2D eigenvalue weighted by molar-refractivity contribution is 5.25. The Labute approximate surface area is 115 Å². The highest BCUT2D eigenvalue weighted by Crippen LogP contribution is 2.16. The highest BCUT2D eigenvalue weighted by Gasteiger charge is 2.12. The number of ether oxygens (including phenoxy) is 2. The summed E-state index contributed by atoms with van der Waals surface area (Å²) in [6, 6.07) is 0. The van der Waals surface area contributed by atoms with Gasteiger partial charge >= 0.3 is 0 Å². The third kappa shape index (κ3) is 4.86. The largest absolute Gasteiger partial charge is 0.383 e. The minimum absolute atomic E-state index is 0.0636. The molecule has 0 saturated carbocycles. The van der Waals surface area contributed by atoms with Gasteiger partial charge in [0.15, 0.2) is 5.82 Å². The first kappa shape index (κ1) is 16.0. The van der Waals surface area contributed by atoms with E-state index in [-0.39, 0.29) is 6.10 Å². The van der Waals surface area contributed by atoms with Crippen LogP contribution in [0.25, 0.3) is 0 Å². The Hall–Kier alpha value is -1.04. The zero-order chi connectivity index (χ0) is 14.3. The lowest BCUT2D eigenvalue weighted by Gasteiger charge is -2.14. The van der Waals surface area contributed by atoms with Crippen LogP contribution in [-0.2, 0) is 15.9 Å². The summed E-state index contributed by atoms with van der Waals surface area (Å²) in [5.74, 6) is 0.758. The van der Waals surface area contributed by atoms with E-state index in [2.05, 4.69) is 15.3 Å². The van der Waals surface area contributed by atoms with Gasteiger partial charge in [0.05, 0.1) is 6.61 Å². The van der Waals surface area contributed by atoms with Crippen LogP contribution >= 0.6 is 0 Å². The number of hydrogen-bond acceptors (Lipinski definition) is 5. The molecule has 5 nitrogen and oxygen atoms in total. The Kier molecular flexibility index (Phi) is 6.91. The normalized spacial score (nSPS) is 12.7. The van der Waals surface area contributed by atoms with Gasteiger partial charge in [0.25, 0.3) is 0 Å². The molecule has 1 heterocycles. The number of hydrogen-bond donors (Lipinski definition) is 1. The van der Waals surface area contributed by atoms with Crippen molar-refractivity contribution in [3.63, 3.8) is 0 Å². The third-order valence-electron chi connectivity index (χ3n) is 3.19. The van der Waals surface area contributed by atoms with E-state index in [9.17, 15) is 0 Å². The molecule has 5 heteroatoms. The first-order valence-corrected chi connectivity index (χ1v) is 6.66. The van der Waals surface area contributed by atoms with E-state index in [0.29, 0.717) is 0 Å². The molecule has 0 amide bonds. The number of methoxy groups -OCH3 is 2. The van der Waals surface area contributed by atoms with Crippen molar-refractivity contribution in [2.75, 3.05) is 33.9 Å². The van der Waals surface area contributed by atoms with E-state index in [1.807, 2.05) is 20.8 Å². The van der Waals surface area contributed by atoms with Crippen molar-refractivity contribution in [3.05, 3.63) is 22.8 Å². The lowest BCUT2D eigenvalue weighted by Crippen LogP contribution is -2.22. The fourth-order valence-corrected chi connectivity index (χ4v) is 1.93. The quantitative estimate of drug-likeness (QED) is 0.725. The van der Waals surface area contributed by atoms with Gasteiger partial charge in [0.2, 0.25) is 0 Å². The first-order valence-electron chi connectivity index (χ1n) is 6.66. The van der Waals surface area contributed by atoms with E-state index in [4.69, 9.17) is 9.47 Å². The molecule has 0 fully saturated rings. The maximum absolute atomic E-state index is 5.26. The number of aromatic nitrogens is 2. The molecule has 0 spiro atoms. The summed E-state index contributed by atoms with van der Waals surface area (Å²) < 4.78 is 10.3. The summed E-state index contributed by atoms with van der Waals surface area (Å²) in [5, 5.41) is 3.33. The average Bonchev–Trinajstić information content (AvgIpc) is 2.40. The predicted molar refractivity (Wildman–Crippen MR) is 75.4 cm³/mol. The molecule has 0 aromatic carbocycles. The smallest absolute Gasteiger partial charge is 0.157 e. The van der Waals surface area contributed by atoms with Crippen LogP contribution < -0.4 is 5.32 Å². The van der Waals surface area contributed by atoms with Crippen molar-refractivity contribution in [3.8, 4) is 0 Å². The van der Waals surface area contributed by atoms with Crippen LogP contribution in [0.1, 0.15) is 35.8 Å². The van der Waals surface area contributed by atoms with Crippen molar-refractivity contribution < 1.29 is 9.47 Å². The standard InChI is InChI=1S/C14H25N3O2/c1-10-13(6-7-15-8-9-18-4)11(2)17-14(16-10)12(3)19-5/h12,15H,6-9H2,1-5H3. The van der Waals surface area contributed by atoms with Gasteiger partial charge in [-0.3, -0.25) is 0 Å². The van der Waals surface area contributed by atoms with Crippen molar-refractivity contribution in [1.82, 2.24) is 15.3 Å². The maximum atomic E-state index is 5.26. The lowest BCUT2D eigenvalue weighted by molar-refractivity contribution is 0.111. The van der Waals surface area contributed by atoms with E-state index in [0.717, 1.165) is 43.3 Å². The van der Waals surface area contributed by atoms with Crippen molar-refractivity contribution >= 4 is 0 Å². The monoisotopic (exact) mass is 267 g/mol. The molecule has 1 unspecified atom stereocenters. The summed E-state index contributed by atoms with van der Waals surface area (Å²) in [6.07, 6.45) is 0.870. The molecule has 19 heavy (non-hydrogen) atoms. The molecule has 1 aromatic heterocycles. The van der Waals surface area contributed by atoms with Crippen LogP contribution in [0.4, 0.5) is 0 Å². The second kappa shape index (κ2) is 8.19. The minimum Gasteiger partial charge on any atom is -0.383 e. The van der Waals surface area contributed by atoms with Gasteiger partial charge in [-0.05, 0) is 39.3 Å². The molecule has 1 aromatic rings. The van der Waals surface area contributed by atoms with Gasteiger partial charge in [-0.2, -0.15) is 0 Å². The zero-order valence-corrected chi connectivity index (χ0v) is 12.6. The first-order chi connectivity index (χ1) is 9.10. The lowest BCUT2D eigenvalue weighted by atomic mass is 10.1. The number of nitrogens with zero attached hydrogens (tertiary/aromatic N) is 2. The topological polar surface area (TPSA) is 56.3 Å². The Morgan fingerprint density at radius 2 is 1.74 bits per heavy atom. The summed E-state index contributed by atoms with van der Waals surface area (Å²) in [6.45, 7) is 8.54. The van der Waals surface area contributed by atoms with E-state index in [1.165, 1.54) is 5.56 Å². The summed E-state index contributed by atoms with van der Waals surface area (Å²) >= 11 is 0. The summed E-state index contributed by atoms with van der Waals surface area (Å²) in [5.41, 5.74) is 3.30. The van der Waals surface area contributed by atoms with Gasteiger partial charge in [-0.1, -0.05) is 0 Å². The molecule has 108 valence electrons. The van der Waals surface area contributed by atoms with Crippen LogP contribution in [0, 0.1) is 13.8 Å². The molecule has 0 aliphatic rings. The Balaban J connectivity index is 2.64. The molecule has 0 bridgehead atoms. The zero-order valence-electron chi connectivity index (χ0n) is 12.6. The predicted octanol–water partition coefficient (Wildman–Crippen LogP) is 1.58. The van der Waals surface area contributed by atoms with Crippen LogP contribution in [-0.4, -0.2) is 43.9 Å². The summed E-state index contributed by atoms with van der Waals surface area (Å²) in [4.78, 5) is 9.06. The number of rotatable bonds is 8. The molecule has 1 rings (SSSR count). The molecule has 1 N–H and O–H groups in total. The highest BCUT2D eigenvalue weighted by atomic mass is 16.5. The molecule has 0 aliphatic carbocycles. The molecule has 0 aliphatic heterocycles. The van der Waals surface area contributed by atoms with Gasteiger partial charge in [-0.15, -0.1) is 0 Å². The molecular weight excluding hydrogens is 242 g/mol. The van der Waals surface area contributed by atoms with Crippen LogP contribution in [0.15, 0.2) is 0 Å². The van der Waals surface area contributed by atoms with Gasteiger partial charge in [0, 0.05) is 32.2 Å². The van der Waals surface area contributed by atoms with Gasteiger partial charge < -0.3 is 14.8 Å². The molecule has 0 saturated heterocycles.